The molecule has 2 rings (SSSR count). The highest BCUT2D eigenvalue weighted by Gasteiger charge is 2.48. The largest absolute Gasteiger partial charge is 0.394 e. The van der Waals surface area contributed by atoms with Crippen LogP contribution in [-0.2, 0) is 4.74 Å². The van der Waals surface area contributed by atoms with E-state index in [9.17, 15) is 15.0 Å². The van der Waals surface area contributed by atoms with Gasteiger partial charge in [0.1, 0.15) is 18.3 Å². The van der Waals surface area contributed by atoms with Crippen molar-refractivity contribution in [3.63, 3.8) is 0 Å². The molecule has 0 aromatic heterocycles. The lowest BCUT2D eigenvalue weighted by molar-refractivity contribution is -0.713. The third-order valence-electron chi connectivity index (χ3n) is 2.93. The predicted octanol–water partition coefficient (Wildman–Crippen LogP) is -4.79. The van der Waals surface area contributed by atoms with E-state index in [2.05, 4.69) is 5.32 Å². The molecule has 2 amide bonds. The molecule has 2 fully saturated rings. The van der Waals surface area contributed by atoms with Gasteiger partial charge in [-0.05, 0) is 0 Å². The van der Waals surface area contributed by atoms with Crippen LogP contribution in [0.3, 0.4) is 0 Å². The molecule has 0 radical (unpaired) electrons. The quantitative estimate of drug-likeness (QED) is 0.290. The van der Waals surface area contributed by atoms with E-state index < -0.39 is 43.5 Å². The number of amides is 2. The summed E-state index contributed by atoms with van der Waals surface area (Å²) in [5, 5.41) is 32.3. The summed E-state index contributed by atoms with van der Waals surface area (Å²) in [5.74, 6) is 0. The number of aliphatic hydroxyl groups is 3. The molecule has 98 valence electrons. The van der Waals surface area contributed by atoms with Gasteiger partial charge in [0.15, 0.2) is 12.9 Å². The zero-order valence-corrected chi connectivity index (χ0v) is 9.06. The molecule has 5 unspecified atom stereocenters. The number of rotatable bonds is 2. The molecule has 0 aromatic carbocycles. The number of quaternary nitrogens is 1. The Bertz CT molecular complexity index is 304. The molecule has 2 aliphatic rings. The van der Waals surface area contributed by atoms with Crippen LogP contribution in [0, 0.1) is 0 Å². The molecule has 0 saturated carbocycles. The fourth-order valence-electron chi connectivity index (χ4n) is 1.95. The zero-order chi connectivity index (χ0) is 12.6. The Kier molecular flexibility index (Phi) is 3.47. The summed E-state index contributed by atoms with van der Waals surface area (Å²) in [5.41, 5.74) is 5.49. The summed E-state index contributed by atoms with van der Waals surface area (Å²) < 4.78 is 5.23. The number of carbonyl (C=O) groups excluding carboxylic acids is 1. The third kappa shape index (κ3) is 2.20. The Labute approximate surface area is 97.1 Å². The van der Waals surface area contributed by atoms with E-state index in [-0.39, 0.29) is 6.67 Å². The number of carbonyl (C=O) groups is 1. The molecule has 9 heteroatoms. The van der Waals surface area contributed by atoms with Crippen molar-refractivity contribution in [2.75, 3.05) is 13.3 Å². The molecular formula is C8H17N4O5+. The molecule has 2 saturated heterocycles. The number of nitrogens with zero attached hydrogens (tertiary/aromatic N) is 1. The van der Waals surface area contributed by atoms with E-state index in [4.69, 9.17) is 15.6 Å². The van der Waals surface area contributed by atoms with Crippen LogP contribution in [0.4, 0.5) is 4.79 Å². The second-order valence-corrected chi connectivity index (χ2v) is 4.09. The van der Waals surface area contributed by atoms with Crippen molar-refractivity contribution >= 4 is 6.03 Å². The summed E-state index contributed by atoms with van der Waals surface area (Å²) in [4.78, 5) is 12.8. The van der Waals surface area contributed by atoms with Gasteiger partial charge in [0, 0.05) is 0 Å². The number of nitrogens with two attached hydrogens (primary N) is 2. The second-order valence-electron chi connectivity index (χ2n) is 4.09. The van der Waals surface area contributed by atoms with Gasteiger partial charge in [0.2, 0.25) is 6.29 Å². The normalized spacial score (nSPS) is 42.7. The van der Waals surface area contributed by atoms with Crippen molar-refractivity contribution < 1.29 is 30.2 Å². The van der Waals surface area contributed by atoms with Crippen LogP contribution in [0.15, 0.2) is 0 Å². The van der Waals surface area contributed by atoms with Crippen molar-refractivity contribution in [2.45, 2.75) is 30.8 Å². The number of nitrogens with one attached hydrogen (secondary N) is 1. The van der Waals surface area contributed by atoms with Gasteiger partial charge in [-0.1, -0.05) is 0 Å². The minimum atomic E-state index is -1.25. The minimum absolute atomic E-state index is 0.208. The summed E-state index contributed by atoms with van der Waals surface area (Å²) in [6.45, 7) is -0.215. The van der Waals surface area contributed by atoms with E-state index in [0.717, 1.165) is 0 Å². The second kappa shape index (κ2) is 4.72. The van der Waals surface area contributed by atoms with Crippen LogP contribution in [0.1, 0.15) is 0 Å². The molecule has 2 heterocycles. The average Bonchev–Trinajstić information content (AvgIpc) is 2.57. The standard InChI is InChI=1S/C8H16N4O5/c9-7-10-2-12(8(16)11-7)6-5(15)4(14)3(1-13)17-6/h3-7,10,13-15H,1-2,9H2,(H,11,16)/p+1. The van der Waals surface area contributed by atoms with Crippen LogP contribution >= 0.6 is 0 Å². The first-order valence-corrected chi connectivity index (χ1v) is 5.33. The zero-order valence-electron chi connectivity index (χ0n) is 9.06. The first-order valence-electron chi connectivity index (χ1n) is 5.33. The van der Waals surface area contributed by atoms with Crippen LogP contribution in [0.25, 0.3) is 0 Å². The fraction of sp³-hybridized carbons (Fsp3) is 0.875. The molecule has 0 spiro atoms. The van der Waals surface area contributed by atoms with Gasteiger partial charge in [-0.2, -0.15) is 0 Å². The lowest BCUT2D eigenvalue weighted by Gasteiger charge is -2.33. The third-order valence-corrected chi connectivity index (χ3v) is 2.93. The Morgan fingerprint density at radius 2 is 2.24 bits per heavy atom. The summed E-state index contributed by atoms with van der Waals surface area (Å²) in [7, 11) is 0. The Morgan fingerprint density at radius 1 is 1.53 bits per heavy atom. The number of ether oxygens (including phenoxy) is 1. The van der Waals surface area contributed by atoms with Crippen molar-refractivity contribution in [1.82, 2.24) is 10.2 Å². The first-order chi connectivity index (χ1) is 8.04. The minimum Gasteiger partial charge on any atom is -0.394 e. The maximum Gasteiger partial charge on any atom is 0.329 e. The van der Waals surface area contributed by atoms with Gasteiger partial charge in [-0.15, -0.1) is 0 Å². The molecule has 9 nitrogen and oxygen atoms in total. The number of hydrogen-bond donors (Lipinski definition) is 6. The van der Waals surface area contributed by atoms with Crippen LogP contribution in [0.5, 0.6) is 0 Å². The lowest BCUT2D eigenvalue weighted by atomic mass is 10.1. The predicted molar refractivity (Wildman–Crippen MR) is 52.9 cm³/mol. The Balaban J connectivity index is 2.05. The van der Waals surface area contributed by atoms with Crippen LogP contribution < -0.4 is 16.4 Å². The highest BCUT2D eigenvalue weighted by molar-refractivity contribution is 5.74. The van der Waals surface area contributed by atoms with Crippen LogP contribution in [0.2, 0.25) is 0 Å². The lowest BCUT2D eigenvalue weighted by Crippen LogP contribution is -3.02. The highest BCUT2D eigenvalue weighted by atomic mass is 16.6. The van der Waals surface area contributed by atoms with E-state index in [1.54, 1.807) is 5.32 Å². The molecule has 17 heavy (non-hydrogen) atoms. The Hall–Kier alpha value is -0.970. The molecule has 8 N–H and O–H groups in total. The highest BCUT2D eigenvalue weighted by Crippen LogP contribution is 2.23. The molecule has 0 bridgehead atoms. The maximum absolute atomic E-state index is 11.6. The van der Waals surface area contributed by atoms with Crippen molar-refractivity contribution in [1.29, 1.82) is 0 Å². The first kappa shape index (κ1) is 12.5. The van der Waals surface area contributed by atoms with E-state index >= 15 is 0 Å². The number of hydrogen-bond acceptors (Lipinski definition) is 6. The Morgan fingerprint density at radius 3 is 2.76 bits per heavy atom. The average molecular weight is 249 g/mol. The van der Waals surface area contributed by atoms with Gasteiger partial charge >= 0.3 is 6.03 Å². The van der Waals surface area contributed by atoms with Crippen molar-refractivity contribution in [3.05, 3.63) is 0 Å². The van der Waals surface area contributed by atoms with E-state index in [1.807, 2.05) is 0 Å². The topological polar surface area (TPSA) is 145 Å². The maximum atomic E-state index is 11.6. The van der Waals surface area contributed by atoms with Crippen LogP contribution in [-0.4, -0.2) is 70.4 Å². The fourth-order valence-corrected chi connectivity index (χ4v) is 1.95. The smallest absolute Gasteiger partial charge is 0.329 e. The van der Waals surface area contributed by atoms with Crippen molar-refractivity contribution in [3.8, 4) is 0 Å². The number of urea groups is 1. The van der Waals surface area contributed by atoms with Gasteiger partial charge < -0.3 is 20.1 Å². The molecule has 0 aromatic rings. The molecule has 2 aliphatic heterocycles. The van der Waals surface area contributed by atoms with E-state index in [1.165, 1.54) is 4.90 Å². The molecule has 5 atom stereocenters. The number of aliphatic hydroxyl groups excluding tert-OH is 3. The van der Waals surface area contributed by atoms with Gasteiger partial charge in [-0.25, -0.2) is 9.69 Å². The monoisotopic (exact) mass is 249 g/mol. The van der Waals surface area contributed by atoms with E-state index in [0.29, 0.717) is 0 Å². The van der Waals surface area contributed by atoms with Gasteiger partial charge in [0.05, 0.1) is 6.61 Å². The van der Waals surface area contributed by atoms with Gasteiger partial charge in [-0.3, -0.25) is 16.4 Å². The SMILES string of the molecule is NC1NC(=O)N(C2OC(CO)C(O)C2O)C[NH2+]1. The molecule has 0 aliphatic carbocycles. The summed E-state index contributed by atoms with van der Waals surface area (Å²) >= 11 is 0. The van der Waals surface area contributed by atoms with Gasteiger partial charge in [0.25, 0.3) is 0 Å². The summed E-state index contributed by atoms with van der Waals surface area (Å²) in [6, 6.07) is -0.477. The van der Waals surface area contributed by atoms with Crippen molar-refractivity contribution in [2.24, 2.45) is 5.73 Å². The molecular weight excluding hydrogens is 232 g/mol. The summed E-state index contributed by atoms with van der Waals surface area (Å²) in [6.07, 6.45) is -4.87.